The molecule has 8 heteroatoms. The highest BCUT2D eigenvalue weighted by atomic mass is 32.2. The summed E-state index contributed by atoms with van der Waals surface area (Å²) < 4.78 is 39.2. The maximum Gasteiger partial charge on any atom is 0.243 e. The van der Waals surface area contributed by atoms with E-state index in [4.69, 9.17) is 0 Å². The molecule has 0 bridgehead atoms. The quantitative estimate of drug-likeness (QED) is 0.720. The molecule has 1 heterocycles. The molecule has 0 aromatic heterocycles. The van der Waals surface area contributed by atoms with Gasteiger partial charge in [0, 0.05) is 39.8 Å². The van der Waals surface area contributed by atoms with Crippen LogP contribution in [0.5, 0.6) is 0 Å². The first kappa shape index (κ1) is 21.4. The summed E-state index contributed by atoms with van der Waals surface area (Å²) in [6, 6.07) is 13.0. The van der Waals surface area contributed by atoms with Crippen molar-refractivity contribution < 1.29 is 17.6 Å². The van der Waals surface area contributed by atoms with Gasteiger partial charge in [0.2, 0.25) is 15.9 Å². The molecule has 0 N–H and O–H groups in total. The molecule has 0 atom stereocenters. The number of carbonyl (C=O) groups is 1. The molecular weight excluding hydrogens is 393 g/mol. The number of carbonyl (C=O) groups excluding carboxylic acids is 1. The summed E-state index contributed by atoms with van der Waals surface area (Å²) in [6.45, 7) is 5.28. The van der Waals surface area contributed by atoms with Gasteiger partial charge in [0.1, 0.15) is 5.82 Å². The van der Waals surface area contributed by atoms with Gasteiger partial charge in [0.25, 0.3) is 0 Å². The highest BCUT2D eigenvalue weighted by Gasteiger charge is 2.27. The van der Waals surface area contributed by atoms with Crippen molar-refractivity contribution in [2.24, 2.45) is 0 Å². The molecule has 1 saturated heterocycles. The maximum absolute atomic E-state index is 13.0. The van der Waals surface area contributed by atoms with Crippen LogP contribution in [0.3, 0.4) is 0 Å². The summed E-state index contributed by atoms with van der Waals surface area (Å²) in [6.07, 6.45) is 0. The van der Waals surface area contributed by atoms with Gasteiger partial charge >= 0.3 is 0 Å². The zero-order valence-corrected chi connectivity index (χ0v) is 17.5. The second-order valence-corrected chi connectivity index (χ2v) is 9.41. The second-order valence-electron chi connectivity index (χ2n) is 7.36. The molecule has 2 aromatic rings. The minimum atomic E-state index is -3.84. The lowest BCUT2D eigenvalue weighted by atomic mass is 10.1. The third kappa shape index (κ3) is 5.41. The first-order valence-corrected chi connectivity index (χ1v) is 11.0. The Hall–Kier alpha value is -2.29. The predicted octanol–water partition coefficient (Wildman–Crippen LogP) is 2.10. The van der Waals surface area contributed by atoms with Crippen LogP contribution in [-0.2, 0) is 21.4 Å². The number of likely N-dealkylation sites (N-methyl/N-ethyl adjacent to an activating group) is 1. The van der Waals surface area contributed by atoms with E-state index in [9.17, 15) is 17.6 Å². The van der Waals surface area contributed by atoms with Gasteiger partial charge in [-0.1, -0.05) is 29.8 Å². The Labute approximate surface area is 171 Å². The number of nitrogens with zero attached hydrogens (tertiary/aromatic N) is 3. The summed E-state index contributed by atoms with van der Waals surface area (Å²) in [5.74, 6) is -0.736. The molecule has 1 amide bonds. The van der Waals surface area contributed by atoms with Crippen LogP contribution < -0.4 is 0 Å². The lowest BCUT2D eigenvalue weighted by molar-refractivity contribution is -0.133. The largest absolute Gasteiger partial charge is 0.339 e. The molecule has 0 unspecified atom stereocenters. The molecule has 1 aliphatic rings. The fourth-order valence-electron chi connectivity index (χ4n) is 3.39. The number of rotatable bonds is 6. The third-order valence-corrected chi connectivity index (χ3v) is 6.91. The topological polar surface area (TPSA) is 60.9 Å². The van der Waals surface area contributed by atoms with Gasteiger partial charge in [-0.15, -0.1) is 0 Å². The van der Waals surface area contributed by atoms with Gasteiger partial charge in [-0.2, -0.15) is 4.31 Å². The highest BCUT2D eigenvalue weighted by Crippen LogP contribution is 2.16. The van der Waals surface area contributed by atoms with Gasteiger partial charge in [-0.3, -0.25) is 9.69 Å². The van der Waals surface area contributed by atoms with Crippen LogP contribution in [0.15, 0.2) is 53.4 Å². The summed E-state index contributed by atoms with van der Waals surface area (Å²) in [5, 5.41) is 0. The molecule has 0 spiro atoms. The van der Waals surface area contributed by atoms with Crippen molar-refractivity contribution >= 4 is 15.9 Å². The first-order valence-electron chi connectivity index (χ1n) is 9.53. The number of piperazine rings is 1. The Morgan fingerprint density at radius 3 is 2.34 bits per heavy atom. The van der Waals surface area contributed by atoms with E-state index in [0.29, 0.717) is 13.1 Å². The normalized spacial score (nSPS) is 15.7. The van der Waals surface area contributed by atoms with E-state index in [1.807, 2.05) is 6.07 Å². The lowest BCUT2D eigenvalue weighted by Crippen LogP contribution is -2.51. The third-order valence-electron chi connectivity index (χ3n) is 5.09. The van der Waals surface area contributed by atoms with Gasteiger partial charge in [-0.25, -0.2) is 12.8 Å². The Balaban J connectivity index is 1.53. The molecule has 3 rings (SSSR count). The average molecular weight is 420 g/mol. The molecule has 0 saturated carbocycles. The molecular formula is C21H26FN3O3S. The predicted molar refractivity (Wildman–Crippen MR) is 109 cm³/mol. The van der Waals surface area contributed by atoms with Crippen LogP contribution in [-0.4, -0.2) is 68.2 Å². The van der Waals surface area contributed by atoms with Gasteiger partial charge in [-0.05, 0) is 36.8 Å². The summed E-state index contributed by atoms with van der Waals surface area (Å²) >= 11 is 0. The number of hydrogen-bond donors (Lipinski definition) is 0. The summed E-state index contributed by atoms with van der Waals surface area (Å²) in [7, 11) is -2.47. The van der Waals surface area contributed by atoms with Crippen LogP contribution in [0.2, 0.25) is 0 Å². The smallest absolute Gasteiger partial charge is 0.243 e. The first-order chi connectivity index (χ1) is 13.8. The number of amides is 1. The van der Waals surface area contributed by atoms with Crippen molar-refractivity contribution in [1.82, 2.24) is 14.1 Å². The standard InChI is InChI=1S/C21H26FN3O3S/c1-17-4-3-5-18(14-17)15-24-10-12-25(13-11-24)21(26)16-23(2)29(27,28)20-8-6-19(22)7-9-20/h3-9,14H,10-13,15-16H2,1-2H3. The zero-order valence-electron chi connectivity index (χ0n) is 16.7. The fourth-order valence-corrected chi connectivity index (χ4v) is 4.51. The van der Waals surface area contributed by atoms with Crippen molar-refractivity contribution in [3.05, 3.63) is 65.5 Å². The van der Waals surface area contributed by atoms with Crippen molar-refractivity contribution in [2.75, 3.05) is 39.8 Å². The van der Waals surface area contributed by atoms with Gasteiger partial charge < -0.3 is 4.90 Å². The average Bonchev–Trinajstić information content (AvgIpc) is 2.69. The van der Waals surface area contributed by atoms with Crippen molar-refractivity contribution in [3.63, 3.8) is 0 Å². The highest BCUT2D eigenvalue weighted by molar-refractivity contribution is 7.89. The van der Waals surface area contributed by atoms with E-state index >= 15 is 0 Å². The van der Waals surface area contributed by atoms with E-state index in [1.54, 1.807) is 4.90 Å². The fraction of sp³-hybridized carbons (Fsp3) is 0.381. The molecule has 1 fully saturated rings. The number of sulfonamides is 1. The van der Waals surface area contributed by atoms with Crippen LogP contribution in [0, 0.1) is 12.7 Å². The number of hydrogen-bond acceptors (Lipinski definition) is 4. The molecule has 29 heavy (non-hydrogen) atoms. The number of aryl methyl sites for hydroxylation is 1. The van der Waals surface area contributed by atoms with Crippen molar-refractivity contribution in [2.45, 2.75) is 18.4 Å². The lowest BCUT2D eigenvalue weighted by Gasteiger charge is -2.35. The maximum atomic E-state index is 13.0. The minimum Gasteiger partial charge on any atom is -0.339 e. The Morgan fingerprint density at radius 2 is 1.72 bits per heavy atom. The van der Waals surface area contributed by atoms with E-state index in [-0.39, 0.29) is 17.3 Å². The molecule has 6 nitrogen and oxygen atoms in total. The van der Waals surface area contributed by atoms with Crippen molar-refractivity contribution in [3.8, 4) is 0 Å². The van der Waals surface area contributed by atoms with E-state index in [0.717, 1.165) is 36.1 Å². The van der Waals surface area contributed by atoms with Crippen LogP contribution in [0.4, 0.5) is 4.39 Å². The van der Waals surface area contributed by atoms with Crippen LogP contribution in [0.1, 0.15) is 11.1 Å². The minimum absolute atomic E-state index is 0.0304. The molecule has 1 aliphatic heterocycles. The molecule has 0 aliphatic carbocycles. The molecule has 2 aromatic carbocycles. The molecule has 0 radical (unpaired) electrons. The van der Waals surface area contributed by atoms with E-state index in [2.05, 4.69) is 30.0 Å². The van der Waals surface area contributed by atoms with E-state index in [1.165, 1.54) is 30.3 Å². The molecule has 156 valence electrons. The summed E-state index contributed by atoms with van der Waals surface area (Å²) in [4.78, 5) is 16.5. The van der Waals surface area contributed by atoms with Crippen LogP contribution >= 0.6 is 0 Å². The summed E-state index contributed by atoms with van der Waals surface area (Å²) in [5.41, 5.74) is 2.47. The van der Waals surface area contributed by atoms with Crippen LogP contribution in [0.25, 0.3) is 0 Å². The Morgan fingerprint density at radius 1 is 1.07 bits per heavy atom. The number of halogens is 1. The van der Waals surface area contributed by atoms with Crippen molar-refractivity contribution in [1.29, 1.82) is 0 Å². The number of benzene rings is 2. The zero-order chi connectivity index (χ0) is 21.0. The monoisotopic (exact) mass is 419 g/mol. The van der Waals surface area contributed by atoms with E-state index < -0.39 is 15.8 Å². The second kappa shape index (κ2) is 9.02. The van der Waals surface area contributed by atoms with Gasteiger partial charge in [0.15, 0.2) is 0 Å². The van der Waals surface area contributed by atoms with Gasteiger partial charge in [0.05, 0.1) is 11.4 Å². The SMILES string of the molecule is Cc1cccc(CN2CCN(C(=O)CN(C)S(=O)(=O)c3ccc(F)cc3)CC2)c1. The Bertz CT molecular complexity index is 955. The Kier molecular flexibility index (Phi) is 6.66.